The fourth-order valence-corrected chi connectivity index (χ4v) is 3.61. The van der Waals surface area contributed by atoms with E-state index in [1.165, 1.54) is 24.3 Å². The van der Waals surface area contributed by atoms with E-state index in [1.807, 2.05) is 6.07 Å². The molecule has 30 heavy (non-hydrogen) atoms. The topological polar surface area (TPSA) is 50.4 Å². The number of nitrogens with one attached hydrogen (secondary N) is 2. The van der Waals surface area contributed by atoms with E-state index >= 15 is 0 Å². The van der Waals surface area contributed by atoms with Crippen LogP contribution in [0.25, 0.3) is 0 Å². The predicted octanol–water partition coefficient (Wildman–Crippen LogP) is 4.51. The molecule has 4 nitrogen and oxygen atoms in total. The number of halogens is 4. The van der Waals surface area contributed by atoms with Crippen molar-refractivity contribution in [2.45, 2.75) is 37.4 Å². The molecule has 2 aromatic carbocycles. The molecular weight excluding hydrogens is 400 g/mol. The average molecular weight is 424 g/mol. The Labute approximate surface area is 172 Å². The molecule has 1 amide bonds. The third-order valence-corrected chi connectivity index (χ3v) is 5.48. The molecule has 1 fully saturated rings. The summed E-state index contributed by atoms with van der Waals surface area (Å²) >= 11 is 0. The third-order valence-electron chi connectivity index (χ3n) is 5.48. The Kier molecular flexibility index (Phi) is 6.77. The van der Waals surface area contributed by atoms with Gasteiger partial charge in [-0.2, -0.15) is 13.2 Å². The molecule has 0 saturated carbocycles. The lowest BCUT2D eigenvalue weighted by Crippen LogP contribution is -2.48. The largest absolute Gasteiger partial charge is 0.416 e. The zero-order valence-corrected chi connectivity index (χ0v) is 16.6. The van der Waals surface area contributed by atoms with Gasteiger partial charge in [-0.25, -0.2) is 4.39 Å². The van der Waals surface area contributed by atoms with E-state index in [9.17, 15) is 22.4 Å². The van der Waals surface area contributed by atoms with Gasteiger partial charge in [0.05, 0.1) is 11.6 Å². The van der Waals surface area contributed by atoms with Gasteiger partial charge in [-0.1, -0.05) is 18.2 Å². The zero-order chi connectivity index (χ0) is 21.8. The van der Waals surface area contributed by atoms with E-state index in [-0.39, 0.29) is 16.9 Å². The van der Waals surface area contributed by atoms with Crippen LogP contribution in [0, 0.1) is 5.82 Å². The highest BCUT2D eigenvalue weighted by atomic mass is 19.4. The van der Waals surface area contributed by atoms with Gasteiger partial charge >= 0.3 is 6.18 Å². The molecule has 0 radical (unpaired) electrons. The molecule has 1 atom stereocenters. The van der Waals surface area contributed by atoms with Crippen LogP contribution in [0.5, 0.6) is 0 Å². The SMILES string of the molecule is CC(NCC1(c2cccc(F)c2)CCOCC1)C(=O)Nc1cccc(C(F)(F)F)c1. The zero-order valence-electron chi connectivity index (χ0n) is 16.6. The number of carbonyl (C=O) groups is 1. The van der Waals surface area contributed by atoms with E-state index in [4.69, 9.17) is 4.74 Å². The summed E-state index contributed by atoms with van der Waals surface area (Å²) in [6, 6.07) is 10.3. The minimum absolute atomic E-state index is 0.0781. The quantitative estimate of drug-likeness (QED) is 0.671. The van der Waals surface area contributed by atoms with Crippen LogP contribution < -0.4 is 10.6 Å². The van der Waals surface area contributed by atoms with Crippen LogP contribution in [0.4, 0.5) is 23.2 Å². The second-order valence-corrected chi connectivity index (χ2v) is 7.57. The molecular formula is C22H24F4N2O2. The maximum absolute atomic E-state index is 13.8. The summed E-state index contributed by atoms with van der Waals surface area (Å²) in [5.41, 5.74) is -0.295. The van der Waals surface area contributed by atoms with Crippen molar-refractivity contribution in [1.82, 2.24) is 5.32 Å². The standard InChI is InChI=1S/C22H24F4N2O2/c1-15(20(29)28-19-7-3-5-17(13-19)22(24,25)26)27-14-21(8-10-30-11-9-21)16-4-2-6-18(23)12-16/h2-7,12-13,15,27H,8-11,14H2,1H3,(H,28,29). The normalized spacial score (nSPS) is 17.4. The van der Waals surface area contributed by atoms with Crippen molar-refractivity contribution in [1.29, 1.82) is 0 Å². The highest BCUT2D eigenvalue weighted by molar-refractivity contribution is 5.94. The van der Waals surface area contributed by atoms with Crippen molar-refractivity contribution < 1.29 is 27.1 Å². The van der Waals surface area contributed by atoms with Gasteiger partial charge in [-0.3, -0.25) is 4.79 Å². The van der Waals surface area contributed by atoms with Crippen LogP contribution in [0.2, 0.25) is 0 Å². The van der Waals surface area contributed by atoms with Crippen LogP contribution in [0.1, 0.15) is 30.9 Å². The molecule has 3 rings (SSSR count). The first-order valence-corrected chi connectivity index (χ1v) is 9.75. The molecule has 2 N–H and O–H groups in total. The second kappa shape index (κ2) is 9.14. The van der Waals surface area contributed by atoms with E-state index in [1.54, 1.807) is 13.0 Å². The van der Waals surface area contributed by atoms with Gasteiger partial charge in [0.25, 0.3) is 0 Å². The monoisotopic (exact) mass is 424 g/mol. The molecule has 0 aliphatic carbocycles. The van der Waals surface area contributed by atoms with Crippen LogP contribution in [-0.2, 0) is 21.1 Å². The first kappa shape index (κ1) is 22.2. The van der Waals surface area contributed by atoms with Crippen LogP contribution >= 0.6 is 0 Å². The summed E-state index contributed by atoms with van der Waals surface area (Å²) in [5, 5.41) is 5.68. The van der Waals surface area contributed by atoms with E-state index in [0.29, 0.717) is 32.6 Å². The fraction of sp³-hybridized carbons (Fsp3) is 0.409. The lowest BCUT2D eigenvalue weighted by Gasteiger charge is -2.38. The van der Waals surface area contributed by atoms with Crippen LogP contribution in [0.3, 0.4) is 0 Å². The Morgan fingerprint density at radius 3 is 2.50 bits per heavy atom. The number of anilines is 1. The van der Waals surface area contributed by atoms with Gasteiger partial charge < -0.3 is 15.4 Å². The first-order chi connectivity index (χ1) is 14.2. The Balaban J connectivity index is 1.67. The van der Waals surface area contributed by atoms with Gasteiger partial charge in [-0.05, 0) is 55.7 Å². The summed E-state index contributed by atoms with van der Waals surface area (Å²) in [6.07, 6.45) is -3.14. The summed E-state index contributed by atoms with van der Waals surface area (Å²) in [6.45, 7) is 3.12. The Morgan fingerprint density at radius 2 is 1.83 bits per heavy atom. The van der Waals surface area contributed by atoms with Gasteiger partial charge in [0.2, 0.25) is 5.91 Å². The fourth-order valence-electron chi connectivity index (χ4n) is 3.61. The lowest BCUT2D eigenvalue weighted by molar-refractivity contribution is -0.137. The summed E-state index contributed by atoms with van der Waals surface area (Å²) < 4.78 is 57.8. The molecule has 1 aliphatic rings. The molecule has 1 saturated heterocycles. The number of rotatable bonds is 6. The third kappa shape index (κ3) is 5.37. The van der Waals surface area contributed by atoms with E-state index in [2.05, 4.69) is 10.6 Å². The van der Waals surface area contributed by atoms with E-state index in [0.717, 1.165) is 17.7 Å². The van der Waals surface area contributed by atoms with Crippen molar-refractivity contribution in [3.63, 3.8) is 0 Å². The van der Waals surface area contributed by atoms with Gasteiger partial charge in [0, 0.05) is 30.9 Å². The number of alkyl halides is 3. The first-order valence-electron chi connectivity index (χ1n) is 9.75. The number of amides is 1. The summed E-state index contributed by atoms with van der Waals surface area (Å²) in [7, 11) is 0. The lowest BCUT2D eigenvalue weighted by atomic mass is 9.74. The average Bonchev–Trinajstić information content (AvgIpc) is 2.72. The molecule has 0 spiro atoms. The van der Waals surface area contributed by atoms with Crippen molar-refractivity contribution >= 4 is 11.6 Å². The number of hydrogen-bond donors (Lipinski definition) is 2. The number of hydrogen-bond acceptors (Lipinski definition) is 3. The Hall–Kier alpha value is -2.45. The summed E-state index contributed by atoms with van der Waals surface area (Å²) in [4.78, 5) is 12.5. The number of carbonyl (C=O) groups excluding carboxylic acids is 1. The molecule has 1 aliphatic heterocycles. The van der Waals surface area contributed by atoms with Crippen LogP contribution in [0.15, 0.2) is 48.5 Å². The Bertz CT molecular complexity index is 879. The minimum atomic E-state index is -4.48. The Morgan fingerprint density at radius 1 is 1.13 bits per heavy atom. The van der Waals surface area contributed by atoms with Gasteiger partial charge in [0.1, 0.15) is 5.82 Å². The molecule has 0 bridgehead atoms. The minimum Gasteiger partial charge on any atom is -0.381 e. The second-order valence-electron chi connectivity index (χ2n) is 7.57. The van der Waals surface area contributed by atoms with Crippen LogP contribution in [-0.4, -0.2) is 31.7 Å². The highest BCUT2D eigenvalue weighted by Gasteiger charge is 2.35. The number of benzene rings is 2. The van der Waals surface area contributed by atoms with Crippen molar-refractivity contribution in [2.75, 3.05) is 25.1 Å². The molecule has 8 heteroatoms. The molecule has 0 aromatic heterocycles. The van der Waals surface area contributed by atoms with Gasteiger partial charge in [-0.15, -0.1) is 0 Å². The summed E-state index contributed by atoms with van der Waals surface area (Å²) in [5.74, 6) is -0.774. The molecule has 1 heterocycles. The van der Waals surface area contributed by atoms with Crippen molar-refractivity contribution in [2.24, 2.45) is 0 Å². The maximum atomic E-state index is 13.8. The van der Waals surface area contributed by atoms with Crippen molar-refractivity contribution in [3.05, 3.63) is 65.5 Å². The molecule has 162 valence electrons. The van der Waals surface area contributed by atoms with Gasteiger partial charge in [0.15, 0.2) is 0 Å². The molecule has 1 unspecified atom stereocenters. The van der Waals surface area contributed by atoms with E-state index < -0.39 is 23.7 Å². The molecule has 2 aromatic rings. The number of ether oxygens (including phenoxy) is 1. The van der Waals surface area contributed by atoms with Crippen molar-refractivity contribution in [3.8, 4) is 0 Å². The smallest absolute Gasteiger partial charge is 0.381 e. The maximum Gasteiger partial charge on any atom is 0.416 e. The highest BCUT2D eigenvalue weighted by Crippen LogP contribution is 2.35. The predicted molar refractivity (Wildman–Crippen MR) is 106 cm³/mol.